The summed E-state index contributed by atoms with van der Waals surface area (Å²) in [6.07, 6.45) is 3.72. The van der Waals surface area contributed by atoms with Crippen molar-refractivity contribution in [3.63, 3.8) is 0 Å². The van der Waals surface area contributed by atoms with Crippen molar-refractivity contribution in [1.29, 1.82) is 0 Å². The van der Waals surface area contributed by atoms with Gasteiger partial charge in [0.25, 0.3) is 0 Å². The summed E-state index contributed by atoms with van der Waals surface area (Å²) in [7, 11) is 0. The van der Waals surface area contributed by atoms with Crippen LogP contribution >= 0.6 is 0 Å². The molecule has 0 aliphatic carbocycles. The van der Waals surface area contributed by atoms with E-state index >= 15 is 0 Å². The third-order valence-electron chi connectivity index (χ3n) is 7.43. The van der Waals surface area contributed by atoms with Crippen molar-refractivity contribution < 1.29 is 0 Å². The second-order valence-corrected chi connectivity index (χ2v) is 10.2. The van der Waals surface area contributed by atoms with Crippen LogP contribution in [0.25, 0.3) is 67.3 Å². The molecule has 0 N–H and O–H groups in total. The van der Waals surface area contributed by atoms with Crippen LogP contribution in [0, 0.1) is 0 Å². The molecule has 198 valence electrons. The molecule has 0 unspecified atom stereocenters. The lowest BCUT2D eigenvalue weighted by atomic mass is 9.98. The van der Waals surface area contributed by atoms with Crippen LogP contribution in [0.3, 0.4) is 0 Å². The monoisotopic (exact) mass is 537 g/mol. The quantitative estimate of drug-likeness (QED) is 0.212. The molecule has 0 amide bonds. The summed E-state index contributed by atoms with van der Waals surface area (Å²) in [4.78, 5) is 14.3. The van der Waals surface area contributed by atoms with Crippen molar-refractivity contribution >= 4 is 0 Å². The van der Waals surface area contributed by atoms with Gasteiger partial charge in [-0.05, 0) is 69.3 Å². The van der Waals surface area contributed by atoms with Crippen LogP contribution in [-0.4, -0.2) is 15.0 Å². The van der Waals surface area contributed by atoms with Gasteiger partial charge in [0, 0.05) is 18.0 Å². The summed E-state index contributed by atoms with van der Waals surface area (Å²) in [6.45, 7) is 0. The average Bonchev–Trinajstić information content (AvgIpc) is 3.09. The fourth-order valence-electron chi connectivity index (χ4n) is 5.16. The summed E-state index contributed by atoms with van der Waals surface area (Å²) in [5, 5.41) is 0. The van der Waals surface area contributed by atoms with Gasteiger partial charge < -0.3 is 0 Å². The molecule has 0 saturated carbocycles. The zero-order chi connectivity index (χ0) is 28.1. The Labute approximate surface area is 245 Å². The average molecular weight is 538 g/mol. The number of rotatable bonds is 6. The van der Waals surface area contributed by atoms with E-state index in [1.54, 1.807) is 6.20 Å². The maximum absolute atomic E-state index is 4.95. The van der Waals surface area contributed by atoms with Crippen LogP contribution in [0.1, 0.15) is 0 Å². The first kappa shape index (κ1) is 25.3. The fraction of sp³-hybridized carbons (Fsp3) is 0. The highest BCUT2D eigenvalue weighted by molar-refractivity contribution is 5.76. The summed E-state index contributed by atoms with van der Waals surface area (Å²) < 4.78 is 0. The van der Waals surface area contributed by atoms with E-state index in [4.69, 9.17) is 9.97 Å². The minimum absolute atomic E-state index is 0.817. The van der Waals surface area contributed by atoms with Crippen molar-refractivity contribution in [3.8, 4) is 67.3 Å². The van der Waals surface area contributed by atoms with Crippen LogP contribution in [0.15, 0.2) is 164 Å². The summed E-state index contributed by atoms with van der Waals surface area (Å²) in [6, 6.07) is 52.4. The second kappa shape index (κ2) is 11.4. The molecule has 3 aromatic heterocycles. The Morgan fingerprint density at radius 3 is 1.19 bits per heavy atom. The van der Waals surface area contributed by atoms with Gasteiger partial charge in [-0.2, -0.15) is 0 Å². The molecule has 0 fully saturated rings. The van der Waals surface area contributed by atoms with Crippen LogP contribution < -0.4 is 0 Å². The highest BCUT2D eigenvalue weighted by atomic mass is 14.8. The number of benzene rings is 4. The predicted molar refractivity (Wildman–Crippen MR) is 172 cm³/mol. The molecule has 0 aliphatic heterocycles. The summed E-state index contributed by atoms with van der Waals surface area (Å²) >= 11 is 0. The smallest absolute Gasteiger partial charge is 0.0900 e. The molecular weight excluding hydrogens is 510 g/mol. The van der Waals surface area contributed by atoms with E-state index in [9.17, 15) is 0 Å². The summed E-state index contributed by atoms with van der Waals surface area (Å²) in [5.74, 6) is 0. The Bertz CT molecular complexity index is 1860. The molecule has 0 aliphatic rings. The zero-order valence-electron chi connectivity index (χ0n) is 22.9. The molecule has 3 heteroatoms. The van der Waals surface area contributed by atoms with E-state index < -0.39 is 0 Å². The first-order valence-corrected chi connectivity index (χ1v) is 14.0. The van der Waals surface area contributed by atoms with Crippen molar-refractivity contribution in [3.05, 3.63) is 164 Å². The Balaban J connectivity index is 1.15. The van der Waals surface area contributed by atoms with E-state index in [-0.39, 0.29) is 0 Å². The minimum Gasteiger partial charge on any atom is -0.255 e. The molecular formula is C39H27N3. The Morgan fingerprint density at radius 2 is 0.714 bits per heavy atom. The van der Waals surface area contributed by atoms with Crippen LogP contribution in [-0.2, 0) is 0 Å². The maximum atomic E-state index is 4.95. The van der Waals surface area contributed by atoms with Gasteiger partial charge in [0.1, 0.15) is 0 Å². The molecule has 0 spiro atoms. The number of nitrogens with zero attached hydrogens (tertiary/aromatic N) is 3. The highest BCUT2D eigenvalue weighted by Crippen LogP contribution is 2.31. The van der Waals surface area contributed by atoms with Crippen molar-refractivity contribution in [2.45, 2.75) is 0 Å². The SMILES string of the molecule is c1ccc(-c2ccc(-c3ccc(-c4ccc(-c5cc(-c6ccccc6)cc(-c6ccccn6)n5)nc4)cc3)cc2)cc1. The van der Waals surface area contributed by atoms with Crippen molar-refractivity contribution in [2.75, 3.05) is 0 Å². The second-order valence-electron chi connectivity index (χ2n) is 10.2. The van der Waals surface area contributed by atoms with Gasteiger partial charge in [0.05, 0.1) is 22.8 Å². The molecule has 0 atom stereocenters. The van der Waals surface area contributed by atoms with Gasteiger partial charge in [-0.15, -0.1) is 0 Å². The first-order chi connectivity index (χ1) is 20.8. The lowest BCUT2D eigenvalue weighted by Gasteiger charge is -2.10. The van der Waals surface area contributed by atoms with Gasteiger partial charge in [0.15, 0.2) is 0 Å². The van der Waals surface area contributed by atoms with Gasteiger partial charge in [-0.25, -0.2) is 4.98 Å². The molecule has 0 saturated heterocycles. The maximum Gasteiger partial charge on any atom is 0.0900 e. The lowest BCUT2D eigenvalue weighted by molar-refractivity contribution is 1.22. The number of pyridine rings is 3. The van der Waals surface area contributed by atoms with Crippen molar-refractivity contribution in [1.82, 2.24) is 15.0 Å². The Kier molecular flexibility index (Phi) is 6.89. The largest absolute Gasteiger partial charge is 0.255 e. The fourth-order valence-corrected chi connectivity index (χ4v) is 5.16. The Hall–Kier alpha value is -5.67. The molecule has 0 bridgehead atoms. The van der Waals surface area contributed by atoms with Crippen molar-refractivity contribution in [2.24, 2.45) is 0 Å². The first-order valence-electron chi connectivity index (χ1n) is 14.0. The highest BCUT2D eigenvalue weighted by Gasteiger charge is 2.11. The number of hydrogen-bond acceptors (Lipinski definition) is 3. The predicted octanol–water partition coefficient (Wildman–Crippen LogP) is 9.87. The zero-order valence-corrected chi connectivity index (χ0v) is 22.9. The van der Waals surface area contributed by atoms with E-state index in [0.717, 1.165) is 45.0 Å². The third-order valence-corrected chi connectivity index (χ3v) is 7.43. The van der Waals surface area contributed by atoms with E-state index in [1.165, 1.54) is 22.3 Å². The van der Waals surface area contributed by atoms with Crippen LogP contribution in [0.5, 0.6) is 0 Å². The standard InChI is InChI=1S/C39H27N3/c1-3-9-28(10-4-1)30-14-16-31(17-15-30)32-18-20-33(21-19-32)34-22-23-37(41-27-34)39-26-35(29-11-5-2-6-12-29)25-38(42-39)36-13-7-8-24-40-36/h1-27H. The van der Waals surface area contributed by atoms with E-state index in [2.05, 4.69) is 108 Å². The normalized spacial score (nSPS) is 10.9. The number of aromatic nitrogens is 3. The molecule has 3 nitrogen and oxygen atoms in total. The molecule has 3 heterocycles. The summed E-state index contributed by atoms with van der Waals surface area (Å²) in [5.41, 5.74) is 12.5. The molecule has 0 radical (unpaired) electrons. The topological polar surface area (TPSA) is 38.7 Å². The lowest BCUT2D eigenvalue weighted by Crippen LogP contribution is -1.94. The molecule has 4 aromatic carbocycles. The van der Waals surface area contributed by atoms with Gasteiger partial charge in [-0.3, -0.25) is 9.97 Å². The minimum atomic E-state index is 0.817. The van der Waals surface area contributed by atoms with Gasteiger partial charge in [0.2, 0.25) is 0 Å². The Morgan fingerprint density at radius 1 is 0.286 bits per heavy atom. The third kappa shape index (κ3) is 5.36. The van der Waals surface area contributed by atoms with Gasteiger partial charge in [-0.1, -0.05) is 121 Å². The van der Waals surface area contributed by atoms with Crippen LogP contribution in [0.4, 0.5) is 0 Å². The van der Waals surface area contributed by atoms with Crippen LogP contribution in [0.2, 0.25) is 0 Å². The molecule has 42 heavy (non-hydrogen) atoms. The number of hydrogen-bond donors (Lipinski definition) is 0. The van der Waals surface area contributed by atoms with E-state index in [1.807, 2.05) is 54.7 Å². The van der Waals surface area contributed by atoms with E-state index in [0.29, 0.717) is 0 Å². The van der Waals surface area contributed by atoms with Gasteiger partial charge >= 0.3 is 0 Å². The molecule has 7 aromatic rings. The molecule has 7 rings (SSSR count).